The molecular weight excluding hydrogens is 350 g/mol. The van der Waals surface area contributed by atoms with Crippen molar-refractivity contribution in [3.8, 4) is 0 Å². The minimum atomic E-state index is -0.421. The molecule has 2 aromatic rings. The van der Waals surface area contributed by atoms with Crippen LogP contribution in [0.3, 0.4) is 0 Å². The van der Waals surface area contributed by atoms with Gasteiger partial charge >= 0.3 is 0 Å². The summed E-state index contributed by atoms with van der Waals surface area (Å²) in [5.74, 6) is 0.485. The summed E-state index contributed by atoms with van der Waals surface area (Å²) in [5.41, 5.74) is 7.77. The fourth-order valence-electron chi connectivity index (χ4n) is 5.91. The Morgan fingerprint density at radius 1 is 1.18 bits per heavy atom. The van der Waals surface area contributed by atoms with E-state index in [0.717, 1.165) is 35.5 Å². The van der Waals surface area contributed by atoms with Crippen LogP contribution in [0.4, 0.5) is 5.69 Å². The second-order valence-corrected chi connectivity index (χ2v) is 9.05. The largest absolute Gasteiger partial charge is 0.381 e. The number of pyridine rings is 1. The highest BCUT2D eigenvalue weighted by molar-refractivity contribution is 6.05. The van der Waals surface area contributed by atoms with Crippen LogP contribution in [0.2, 0.25) is 0 Å². The number of hydrogen-bond acceptors (Lipinski definition) is 4. The molecule has 28 heavy (non-hydrogen) atoms. The number of aromatic amines is 1. The highest BCUT2D eigenvalue weighted by atomic mass is 16.1. The van der Waals surface area contributed by atoms with Gasteiger partial charge in [-0.1, -0.05) is 19.3 Å². The maximum Gasteiger partial charge on any atom is 0.252 e. The zero-order chi connectivity index (χ0) is 19.1. The first-order valence-corrected chi connectivity index (χ1v) is 11.0. The van der Waals surface area contributed by atoms with Crippen LogP contribution < -0.4 is 11.1 Å². The monoisotopic (exact) mass is 381 g/mol. The standard InChI is InChI=1S/C22H31N5O/c23-21(28)19-12-25-22-18(8-9-24-22)20(19)26-15-10-16-6-7-17(11-15)27(16)13-14-4-2-1-3-5-14/h8-9,12,14-17H,1-7,10-11,13H2,(H2,23,28)(H2,24,25,26)/t15-,16-,17+. The first-order chi connectivity index (χ1) is 13.7. The maximum absolute atomic E-state index is 12.0. The van der Waals surface area contributed by atoms with Crippen molar-refractivity contribution in [1.82, 2.24) is 14.9 Å². The summed E-state index contributed by atoms with van der Waals surface area (Å²) < 4.78 is 0. The zero-order valence-electron chi connectivity index (χ0n) is 16.5. The van der Waals surface area contributed by atoms with Crippen LogP contribution in [0.5, 0.6) is 0 Å². The van der Waals surface area contributed by atoms with Crippen LogP contribution >= 0.6 is 0 Å². The summed E-state index contributed by atoms with van der Waals surface area (Å²) in [6.45, 7) is 1.30. The van der Waals surface area contributed by atoms with E-state index in [2.05, 4.69) is 20.2 Å². The van der Waals surface area contributed by atoms with Gasteiger partial charge in [0, 0.05) is 42.5 Å². The van der Waals surface area contributed by atoms with Crippen LogP contribution in [0, 0.1) is 5.92 Å². The van der Waals surface area contributed by atoms with Crippen molar-refractivity contribution in [2.75, 3.05) is 11.9 Å². The summed E-state index contributed by atoms with van der Waals surface area (Å²) in [7, 11) is 0. The second kappa shape index (κ2) is 7.39. The average molecular weight is 382 g/mol. The summed E-state index contributed by atoms with van der Waals surface area (Å²) in [4.78, 5) is 22.3. The molecule has 0 spiro atoms. The number of H-pyrrole nitrogens is 1. The normalized spacial score (nSPS) is 28.6. The fourth-order valence-corrected chi connectivity index (χ4v) is 5.91. The smallest absolute Gasteiger partial charge is 0.252 e. The van der Waals surface area contributed by atoms with E-state index in [0.29, 0.717) is 23.7 Å². The molecule has 1 amide bonds. The molecule has 2 saturated heterocycles. The number of rotatable bonds is 5. The van der Waals surface area contributed by atoms with E-state index in [-0.39, 0.29) is 0 Å². The van der Waals surface area contributed by atoms with Crippen molar-refractivity contribution in [3.05, 3.63) is 24.0 Å². The molecule has 5 rings (SSSR count). The van der Waals surface area contributed by atoms with Crippen molar-refractivity contribution >= 4 is 22.6 Å². The molecule has 0 unspecified atom stereocenters. The lowest BCUT2D eigenvalue weighted by Gasteiger charge is -2.42. The summed E-state index contributed by atoms with van der Waals surface area (Å²) in [5, 5.41) is 4.65. The molecule has 3 fully saturated rings. The molecule has 0 aromatic carbocycles. The number of piperidine rings is 1. The van der Waals surface area contributed by atoms with Crippen molar-refractivity contribution in [3.63, 3.8) is 0 Å². The van der Waals surface area contributed by atoms with Gasteiger partial charge < -0.3 is 16.0 Å². The number of anilines is 1. The number of nitrogens with two attached hydrogens (primary N) is 1. The average Bonchev–Trinajstić information content (AvgIpc) is 3.25. The Hall–Kier alpha value is -2.08. The number of amides is 1. The van der Waals surface area contributed by atoms with E-state index >= 15 is 0 Å². The Labute approximate surface area is 166 Å². The molecule has 6 nitrogen and oxygen atoms in total. The van der Waals surface area contributed by atoms with Gasteiger partial charge in [-0.2, -0.15) is 0 Å². The topological polar surface area (TPSA) is 87.0 Å². The number of carbonyl (C=O) groups is 1. The van der Waals surface area contributed by atoms with Crippen molar-refractivity contribution in [1.29, 1.82) is 0 Å². The van der Waals surface area contributed by atoms with Crippen LogP contribution in [-0.4, -0.2) is 45.4 Å². The number of aromatic nitrogens is 2. The van der Waals surface area contributed by atoms with Crippen LogP contribution in [0.1, 0.15) is 68.1 Å². The van der Waals surface area contributed by atoms with E-state index in [9.17, 15) is 4.79 Å². The molecular formula is C22H31N5O. The Morgan fingerprint density at radius 3 is 2.64 bits per heavy atom. The SMILES string of the molecule is NC(=O)c1cnc2[nH]ccc2c1N[C@@H]1C[C@H]2CC[C@@H](C1)N2CC1CCCCC1. The van der Waals surface area contributed by atoms with Crippen molar-refractivity contribution in [2.45, 2.75) is 75.9 Å². The zero-order valence-corrected chi connectivity index (χ0v) is 16.5. The summed E-state index contributed by atoms with van der Waals surface area (Å²) in [6, 6.07) is 3.72. The quantitative estimate of drug-likeness (QED) is 0.738. The molecule has 3 atom stereocenters. The van der Waals surface area contributed by atoms with E-state index in [1.165, 1.54) is 51.5 Å². The Balaban J connectivity index is 1.32. The highest BCUT2D eigenvalue weighted by Crippen LogP contribution is 2.39. The third-order valence-corrected chi connectivity index (χ3v) is 7.28. The van der Waals surface area contributed by atoms with Crippen molar-refractivity contribution < 1.29 is 4.79 Å². The molecule has 0 radical (unpaired) electrons. The van der Waals surface area contributed by atoms with Gasteiger partial charge in [0.1, 0.15) is 5.65 Å². The van der Waals surface area contributed by atoms with Gasteiger partial charge in [-0.25, -0.2) is 4.98 Å². The Morgan fingerprint density at radius 2 is 1.93 bits per heavy atom. The number of fused-ring (bicyclic) bond motifs is 3. The second-order valence-electron chi connectivity index (χ2n) is 9.05. The lowest BCUT2D eigenvalue weighted by Crippen LogP contribution is -2.48. The van der Waals surface area contributed by atoms with Gasteiger partial charge in [0.15, 0.2) is 0 Å². The van der Waals surface area contributed by atoms with Gasteiger partial charge in [0.2, 0.25) is 0 Å². The molecule has 2 bridgehead atoms. The number of hydrogen-bond donors (Lipinski definition) is 3. The minimum Gasteiger partial charge on any atom is -0.381 e. The Bertz CT molecular complexity index is 842. The number of primary amides is 1. The van der Waals surface area contributed by atoms with E-state index in [1.807, 2.05) is 12.3 Å². The number of nitrogens with one attached hydrogen (secondary N) is 2. The lowest BCUT2D eigenvalue weighted by atomic mass is 9.87. The summed E-state index contributed by atoms with van der Waals surface area (Å²) in [6.07, 6.45) is 15.5. The third kappa shape index (κ3) is 3.28. The van der Waals surface area contributed by atoms with E-state index in [4.69, 9.17) is 5.73 Å². The van der Waals surface area contributed by atoms with Gasteiger partial charge in [0.25, 0.3) is 5.91 Å². The third-order valence-electron chi connectivity index (χ3n) is 7.28. The molecule has 6 heteroatoms. The molecule has 3 aliphatic rings. The predicted molar refractivity (Wildman–Crippen MR) is 111 cm³/mol. The van der Waals surface area contributed by atoms with Gasteiger partial charge in [0.05, 0.1) is 11.3 Å². The maximum atomic E-state index is 12.0. The number of carbonyl (C=O) groups excluding carboxylic acids is 1. The van der Waals surface area contributed by atoms with Gasteiger partial charge in [-0.3, -0.25) is 9.69 Å². The molecule has 4 N–H and O–H groups in total. The first-order valence-electron chi connectivity index (χ1n) is 11.0. The number of nitrogens with zero attached hydrogens (tertiary/aromatic N) is 2. The van der Waals surface area contributed by atoms with Crippen LogP contribution in [0.25, 0.3) is 11.0 Å². The van der Waals surface area contributed by atoms with Gasteiger partial charge in [-0.15, -0.1) is 0 Å². The fraction of sp³-hybridized carbons (Fsp3) is 0.636. The van der Waals surface area contributed by atoms with Crippen molar-refractivity contribution in [2.24, 2.45) is 11.7 Å². The highest BCUT2D eigenvalue weighted by Gasteiger charge is 2.41. The summed E-state index contributed by atoms with van der Waals surface area (Å²) >= 11 is 0. The molecule has 4 heterocycles. The minimum absolute atomic E-state index is 0.388. The molecule has 2 aromatic heterocycles. The molecule has 1 aliphatic carbocycles. The van der Waals surface area contributed by atoms with Gasteiger partial charge in [-0.05, 0) is 50.5 Å². The van der Waals surface area contributed by atoms with Crippen LogP contribution in [-0.2, 0) is 0 Å². The van der Waals surface area contributed by atoms with Crippen LogP contribution in [0.15, 0.2) is 18.5 Å². The van der Waals surface area contributed by atoms with E-state index in [1.54, 1.807) is 6.20 Å². The molecule has 1 saturated carbocycles. The lowest BCUT2D eigenvalue weighted by molar-refractivity contribution is 0.0993. The van der Waals surface area contributed by atoms with E-state index < -0.39 is 5.91 Å². The molecule has 2 aliphatic heterocycles. The Kier molecular flexibility index (Phi) is 4.75. The predicted octanol–water partition coefficient (Wildman–Crippen LogP) is 3.65. The molecule has 150 valence electrons. The first kappa shape index (κ1) is 18.0.